The largest absolute Gasteiger partial charge is 0.480 e. The van der Waals surface area contributed by atoms with Gasteiger partial charge in [-0.25, -0.2) is 4.79 Å². The van der Waals surface area contributed by atoms with Gasteiger partial charge in [0.15, 0.2) is 0 Å². The monoisotopic (exact) mass is 429 g/mol. The van der Waals surface area contributed by atoms with Crippen LogP contribution in [0.3, 0.4) is 0 Å². The topological polar surface area (TPSA) is 194 Å². The van der Waals surface area contributed by atoms with Gasteiger partial charge in [-0.05, 0) is 31.6 Å². The molecule has 4 unspecified atom stereocenters. The second kappa shape index (κ2) is 12.8. The molecule has 0 aliphatic rings. The molecule has 0 radical (unpaired) electrons. The number of carbonyl (C=O) groups is 5. The third kappa shape index (κ3) is 10.2. The number of carboxylic acid groups (broad SMARTS) is 1. The number of hydrogen-bond donors (Lipinski definition) is 6. The number of carboxylic acids is 1. The van der Waals surface area contributed by atoms with Crippen LogP contribution in [0.2, 0.25) is 0 Å². The van der Waals surface area contributed by atoms with E-state index in [1.165, 1.54) is 6.92 Å². The lowest BCUT2D eigenvalue weighted by Crippen LogP contribution is -2.57. The second-order valence-electron chi connectivity index (χ2n) is 8.10. The lowest BCUT2D eigenvalue weighted by molar-refractivity contribution is -0.142. The number of nitrogens with one attached hydrogen (secondary N) is 3. The predicted molar refractivity (Wildman–Crippen MR) is 110 cm³/mol. The third-order valence-corrected chi connectivity index (χ3v) is 4.41. The highest BCUT2D eigenvalue weighted by Gasteiger charge is 2.29. The highest BCUT2D eigenvalue weighted by molar-refractivity contribution is 5.94. The zero-order valence-electron chi connectivity index (χ0n) is 18.2. The summed E-state index contributed by atoms with van der Waals surface area (Å²) >= 11 is 0. The van der Waals surface area contributed by atoms with Gasteiger partial charge in [-0.3, -0.25) is 19.2 Å². The molecule has 11 nitrogen and oxygen atoms in total. The Labute approximate surface area is 176 Å². The first kappa shape index (κ1) is 27.3. The number of nitrogens with two attached hydrogens (primary N) is 2. The van der Waals surface area contributed by atoms with Crippen LogP contribution in [0.1, 0.15) is 53.9 Å². The zero-order valence-corrected chi connectivity index (χ0v) is 18.2. The van der Waals surface area contributed by atoms with Crippen LogP contribution < -0.4 is 27.4 Å². The molecule has 0 heterocycles. The van der Waals surface area contributed by atoms with Gasteiger partial charge in [0, 0.05) is 6.42 Å². The third-order valence-electron chi connectivity index (χ3n) is 4.41. The molecule has 0 saturated heterocycles. The fourth-order valence-electron chi connectivity index (χ4n) is 2.50. The van der Waals surface area contributed by atoms with Gasteiger partial charge >= 0.3 is 5.97 Å². The maximum atomic E-state index is 12.6. The number of hydrogen-bond acceptors (Lipinski definition) is 6. The van der Waals surface area contributed by atoms with Gasteiger partial charge in [-0.15, -0.1) is 0 Å². The summed E-state index contributed by atoms with van der Waals surface area (Å²) in [4.78, 5) is 59.5. The van der Waals surface area contributed by atoms with Crippen molar-refractivity contribution in [2.75, 3.05) is 0 Å². The molecule has 0 fully saturated rings. The van der Waals surface area contributed by atoms with Gasteiger partial charge < -0.3 is 32.5 Å². The maximum absolute atomic E-state index is 12.6. The van der Waals surface area contributed by atoms with E-state index in [9.17, 15) is 29.1 Å². The number of primary amides is 1. The lowest BCUT2D eigenvalue weighted by Gasteiger charge is -2.24. The molecule has 0 spiro atoms. The Kier molecular flexibility index (Phi) is 11.6. The minimum absolute atomic E-state index is 0.0369. The normalized spacial score (nSPS) is 15.1. The summed E-state index contributed by atoms with van der Waals surface area (Å²) in [7, 11) is 0. The fourth-order valence-corrected chi connectivity index (χ4v) is 2.50. The highest BCUT2D eigenvalue weighted by atomic mass is 16.4. The van der Waals surface area contributed by atoms with Crippen molar-refractivity contribution >= 4 is 29.6 Å². The van der Waals surface area contributed by atoms with Gasteiger partial charge in [0.05, 0.1) is 6.04 Å². The smallest absolute Gasteiger partial charge is 0.326 e. The van der Waals surface area contributed by atoms with E-state index in [1.807, 2.05) is 13.8 Å². The number of rotatable bonds is 13. The van der Waals surface area contributed by atoms with E-state index < -0.39 is 53.8 Å². The lowest BCUT2D eigenvalue weighted by atomic mass is 10.0. The van der Waals surface area contributed by atoms with Crippen molar-refractivity contribution in [2.45, 2.75) is 78.0 Å². The Bertz CT molecular complexity index is 637. The van der Waals surface area contributed by atoms with Crippen LogP contribution in [0.25, 0.3) is 0 Å². The second-order valence-corrected chi connectivity index (χ2v) is 8.10. The van der Waals surface area contributed by atoms with Gasteiger partial charge in [0.1, 0.15) is 18.1 Å². The minimum Gasteiger partial charge on any atom is -0.480 e. The fraction of sp³-hybridized carbons (Fsp3) is 0.737. The predicted octanol–water partition coefficient (Wildman–Crippen LogP) is -1.16. The molecule has 11 heteroatoms. The molecule has 172 valence electrons. The van der Waals surface area contributed by atoms with Crippen molar-refractivity contribution in [1.29, 1.82) is 0 Å². The minimum atomic E-state index is -1.18. The summed E-state index contributed by atoms with van der Waals surface area (Å²) in [5, 5.41) is 16.5. The van der Waals surface area contributed by atoms with Crippen molar-refractivity contribution in [3.05, 3.63) is 0 Å². The van der Waals surface area contributed by atoms with Gasteiger partial charge in [-0.1, -0.05) is 27.7 Å². The molecule has 0 aliphatic carbocycles. The average Bonchev–Trinajstić information content (AvgIpc) is 2.62. The summed E-state index contributed by atoms with van der Waals surface area (Å²) in [6, 6.07) is -4.15. The van der Waals surface area contributed by atoms with Crippen molar-refractivity contribution in [3.8, 4) is 0 Å². The SMILES string of the molecule is CC(C)CC(NC(=O)C(C)NC(=O)C(CCC(N)=O)NC(=O)C(N)C(C)C)C(=O)O. The highest BCUT2D eigenvalue weighted by Crippen LogP contribution is 2.06. The summed E-state index contributed by atoms with van der Waals surface area (Å²) < 4.78 is 0. The molecule has 0 saturated carbocycles. The zero-order chi connectivity index (χ0) is 23.6. The Hall–Kier alpha value is -2.69. The molecule has 0 aromatic rings. The Morgan fingerprint density at radius 1 is 0.833 bits per heavy atom. The molecule has 4 amide bonds. The first-order chi connectivity index (χ1) is 13.8. The molecule has 0 aliphatic heterocycles. The van der Waals surface area contributed by atoms with E-state index in [0.717, 1.165) is 0 Å². The summed E-state index contributed by atoms with van der Waals surface area (Å²) in [6.07, 6.45) is -0.00533. The Balaban J connectivity index is 5.13. The van der Waals surface area contributed by atoms with Crippen LogP contribution in [0, 0.1) is 11.8 Å². The van der Waals surface area contributed by atoms with E-state index >= 15 is 0 Å². The number of aliphatic carboxylic acids is 1. The van der Waals surface area contributed by atoms with Gasteiger partial charge in [-0.2, -0.15) is 0 Å². The standard InChI is InChI=1S/C19H35N5O6/c1-9(2)8-13(19(29)30)24-16(26)11(5)22-17(27)12(6-7-14(20)25)23-18(28)15(21)10(3)4/h9-13,15H,6-8,21H2,1-5H3,(H2,20,25)(H,22,27)(H,23,28)(H,24,26)(H,29,30). The van der Waals surface area contributed by atoms with E-state index in [1.54, 1.807) is 13.8 Å². The number of amides is 4. The van der Waals surface area contributed by atoms with Crippen LogP contribution in [0.5, 0.6) is 0 Å². The summed E-state index contributed by atoms with van der Waals surface area (Å²) in [6.45, 7) is 8.51. The van der Waals surface area contributed by atoms with Crippen molar-refractivity contribution < 1.29 is 29.1 Å². The molecular weight excluding hydrogens is 394 g/mol. The van der Waals surface area contributed by atoms with Crippen LogP contribution in [-0.4, -0.2) is 58.9 Å². The van der Waals surface area contributed by atoms with Crippen molar-refractivity contribution in [1.82, 2.24) is 16.0 Å². The van der Waals surface area contributed by atoms with Crippen molar-refractivity contribution in [2.24, 2.45) is 23.3 Å². The molecule has 0 bridgehead atoms. The van der Waals surface area contributed by atoms with E-state index in [0.29, 0.717) is 0 Å². The van der Waals surface area contributed by atoms with E-state index in [-0.39, 0.29) is 31.1 Å². The first-order valence-electron chi connectivity index (χ1n) is 9.94. The van der Waals surface area contributed by atoms with Crippen LogP contribution >= 0.6 is 0 Å². The molecule has 30 heavy (non-hydrogen) atoms. The molecule has 0 rings (SSSR count). The Morgan fingerprint density at radius 3 is 1.80 bits per heavy atom. The first-order valence-corrected chi connectivity index (χ1v) is 9.94. The quantitative estimate of drug-likeness (QED) is 0.212. The molecule has 4 atom stereocenters. The van der Waals surface area contributed by atoms with Crippen LogP contribution in [0.4, 0.5) is 0 Å². The van der Waals surface area contributed by atoms with Crippen molar-refractivity contribution in [3.63, 3.8) is 0 Å². The summed E-state index contributed by atoms with van der Waals surface area (Å²) in [5.74, 6) is -3.94. The van der Waals surface area contributed by atoms with Gasteiger partial charge in [0.2, 0.25) is 23.6 Å². The van der Waals surface area contributed by atoms with E-state index in [2.05, 4.69) is 16.0 Å². The molecule has 8 N–H and O–H groups in total. The van der Waals surface area contributed by atoms with Gasteiger partial charge in [0.25, 0.3) is 0 Å². The molecular formula is C19H35N5O6. The van der Waals surface area contributed by atoms with Crippen LogP contribution in [-0.2, 0) is 24.0 Å². The van der Waals surface area contributed by atoms with Crippen LogP contribution in [0.15, 0.2) is 0 Å². The average molecular weight is 430 g/mol. The summed E-state index contributed by atoms with van der Waals surface area (Å²) in [5.41, 5.74) is 10.9. The molecule has 0 aromatic carbocycles. The number of carbonyl (C=O) groups excluding carboxylic acids is 4. The Morgan fingerprint density at radius 2 is 1.37 bits per heavy atom. The maximum Gasteiger partial charge on any atom is 0.326 e. The molecule has 0 aromatic heterocycles. The van der Waals surface area contributed by atoms with E-state index in [4.69, 9.17) is 11.5 Å².